The fraction of sp³-hybridized carbons (Fsp3) is 0.391. The zero-order valence-electron chi connectivity index (χ0n) is 17.2. The predicted molar refractivity (Wildman–Crippen MR) is 120 cm³/mol. The largest absolute Gasteiger partial charge is 0.378 e. The molecule has 4 rings (SSSR count). The number of rotatable bonds is 7. The minimum absolute atomic E-state index is 0.0577. The first-order valence-electron chi connectivity index (χ1n) is 10.5. The molecule has 2 aliphatic heterocycles. The van der Waals surface area contributed by atoms with Crippen LogP contribution in [0.15, 0.2) is 64.0 Å². The van der Waals surface area contributed by atoms with Gasteiger partial charge < -0.3 is 15.0 Å². The second kappa shape index (κ2) is 10.0. The molecule has 1 fully saturated rings. The SMILES string of the molecule is O=C(CCCCl)Nc1cc(CC2=C3C=CC=CC3C(=O)N=N2)ccc1N1CCOCC1. The van der Waals surface area contributed by atoms with Crippen molar-refractivity contribution in [1.29, 1.82) is 0 Å². The number of carbonyl (C=O) groups excluding carboxylic acids is 2. The third kappa shape index (κ3) is 5.11. The van der Waals surface area contributed by atoms with Gasteiger partial charge in [-0.3, -0.25) is 9.59 Å². The zero-order valence-corrected chi connectivity index (χ0v) is 18.0. The van der Waals surface area contributed by atoms with Crippen LogP contribution in [0.2, 0.25) is 0 Å². The third-order valence-corrected chi connectivity index (χ3v) is 5.76. The molecule has 1 saturated heterocycles. The summed E-state index contributed by atoms with van der Waals surface area (Å²) in [4.78, 5) is 26.7. The lowest BCUT2D eigenvalue weighted by molar-refractivity contribution is -0.120. The first-order valence-corrected chi connectivity index (χ1v) is 11.0. The van der Waals surface area contributed by atoms with Gasteiger partial charge in [0.15, 0.2) is 0 Å². The number of alkyl halides is 1. The highest BCUT2D eigenvalue weighted by Crippen LogP contribution is 2.33. The van der Waals surface area contributed by atoms with Crippen LogP contribution in [0.5, 0.6) is 0 Å². The van der Waals surface area contributed by atoms with E-state index in [1.54, 1.807) is 0 Å². The minimum atomic E-state index is -0.361. The van der Waals surface area contributed by atoms with E-state index in [1.165, 1.54) is 0 Å². The molecular weight excluding hydrogens is 416 g/mol. The smallest absolute Gasteiger partial charge is 0.275 e. The Morgan fingerprint density at radius 1 is 1.23 bits per heavy atom. The number of fused-ring (bicyclic) bond motifs is 1. The number of morpholine rings is 1. The Labute approximate surface area is 186 Å². The summed E-state index contributed by atoms with van der Waals surface area (Å²) in [6.45, 7) is 2.86. The van der Waals surface area contributed by atoms with Crippen LogP contribution in [0.25, 0.3) is 0 Å². The molecule has 2 heterocycles. The maximum absolute atomic E-state index is 12.4. The Bertz CT molecular complexity index is 977. The van der Waals surface area contributed by atoms with Gasteiger partial charge in [0.25, 0.3) is 5.91 Å². The van der Waals surface area contributed by atoms with E-state index in [4.69, 9.17) is 16.3 Å². The average Bonchev–Trinajstić information content (AvgIpc) is 2.80. The summed E-state index contributed by atoms with van der Waals surface area (Å²) in [6.07, 6.45) is 9.06. The van der Waals surface area contributed by atoms with Crippen LogP contribution in [-0.4, -0.2) is 44.0 Å². The molecule has 1 atom stereocenters. The molecule has 3 aliphatic rings. The van der Waals surface area contributed by atoms with E-state index in [0.717, 1.165) is 41.3 Å². The summed E-state index contributed by atoms with van der Waals surface area (Å²) in [5.41, 5.74) is 4.38. The molecule has 1 unspecified atom stereocenters. The van der Waals surface area contributed by atoms with Crippen molar-refractivity contribution in [2.24, 2.45) is 16.1 Å². The van der Waals surface area contributed by atoms with Gasteiger partial charge in [-0.15, -0.1) is 16.7 Å². The number of amides is 2. The molecule has 1 aromatic carbocycles. The van der Waals surface area contributed by atoms with Gasteiger partial charge in [-0.2, -0.15) is 5.11 Å². The van der Waals surface area contributed by atoms with Crippen molar-refractivity contribution in [2.75, 3.05) is 42.4 Å². The fourth-order valence-corrected chi connectivity index (χ4v) is 4.04. The van der Waals surface area contributed by atoms with Crippen molar-refractivity contribution >= 4 is 34.8 Å². The number of anilines is 2. The molecule has 31 heavy (non-hydrogen) atoms. The van der Waals surface area contributed by atoms with Gasteiger partial charge >= 0.3 is 0 Å². The van der Waals surface area contributed by atoms with E-state index in [0.29, 0.717) is 38.4 Å². The summed E-state index contributed by atoms with van der Waals surface area (Å²) in [5.74, 6) is -0.208. The third-order valence-electron chi connectivity index (χ3n) is 5.49. The van der Waals surface area contributed by atoms with Crippen molar-refractivity contribution in [1.82, 2.24) is 0 Å². The van der Waals surface area contributed by atoms with Crippen LogP contribution in [0, 0.1) is 5.92 Å². The van der Waals surface area contributed by atoms with Gasteiger partial charge in [0.2, 0.25) is 5.91 Å². The molecule has 1 aromatic rings. The maximum Gasteiger partial charge on any atom is 0.275 e. The molecule has 162 valence electrons. The zero-order chi connectivity index (χ0) is 21.6. The van der Waals surface area contributed by atoms with Crippen molar-refractivity contribution in [3.8, 4) is 0 Å². The lowest BCUT2D eigenvalue weighted by Gasteiger charge is -2.31. The van der Waals surface area contributed by atoms with Crippen LogP contribution < -0.4 is 10.2 Å². The highest BCUT2D eigenvalue weighted by Gasteiger charge is 2.27. The van der Waals surface area contributed by atoms with Crippen LogP contribution in [0.1, 0.15) is 18.4 Å². The summed E-state index contributed by atoms with van der Waals surface area (Å²) >= 11 is 5.74. The summed E-state index contributed by atoms with van der Waals surface area (Å²) in [5, 5.41) is 11.1. The van der Waals surface area contributed by atoms with Crippen molar-refractivity contribution < 1.29 is 14.3 Å². The normalized spacial score (nSPS) is 20.2. The molecule has 1 aliphatic carbocycles. The van der Waals surface area contributed by atoms with E-state index in [2.05, 4.69) is 20.4 Å². The van der Waals surface area contributed by atoms with Gasteiger partial charge in [-0.25, -0.2) is 0 Å². The Balaban J connectivity index is 1.61. The Hall–Kier alpha value is -2.77. The number of ether oxygens (including phenoxy) is 1. The van der Waals surface area contributed by atoms with Crippen molar-refractivity contribution in [3.05, 3.63) is 59.3 Å². The molecule has 0 aromatic heterocycles. The standard InChI is InChI=1S/C23H25ClN4O3/c24-9-3-6-22(29)25-20-15-16(7-8-21(20)28-10-12-31-13-11-28)14-19-17-4-1-2-5-18(17)23(30)27-26-19/h1-2,4-5,7-8,15,18H,3,6,9-14H2,(H,25,29). The van der Waals surface area contributed by atoms with E-state index < -0.39 is 0 Å². The first kappa shape index (κ1) is 21.5. The Morgan fingerprint density at radius 2 is 2.06 bits per heavy atom. The number of nitrogens with one attached hydrogen (secondary N) is 1. The molecule has 0 spiro atoms. The van der Waals surface area contributed by atoms with Crippen molar-refractivity contribution in [3.63, 3.8) is 0 Å². The van der Waals surface area contributed by atoms with E-state index in [-0.39, 0.29) is 17.7 Å². The number of hydrogen-bond donors (Lipinski definition) is 1. The highest BCUT2D eigenvalue weighted by molar-refractivity contribution is 6.18. The summed E-state index contributed by atoms with van der Waals surface area (Å²) in [7, 11) is 0. The van der Waals surface area contributed by atoms with Crippen LogP contribution in [-0.2, 0) is 20.7 Å². The van der Waals surface area contributed by atoms with E-state index in [9.17, 15) is 9.59 Å². The summed E-state index contributed by atoms with van der Waals surface area (Å²) in [6, 6.07) is 6.05. The monoisotopic (exact) mass is 440 g/mol. The topological polar surface area (TPSA) is 83.4 Å². The molecular formula is C23H25ClN4O3. The second-order valence-corrected chi connectivity index (χ2v) is 8.01. The van der Waals surface area contributed by atoms with Crippen LogP contribution in [0.3, 0.4) is 0 Å². The molecule has 0 bridgehead atoms. The maximum atomic E-state index is 12.4. The van der Waals surface area contributed by atoms with Crippen LogP contribution >= 0.6 is 11.6 Å². The van der Waals surface area contributed by atoms with Crippen molar-refractivity contribution in [2.45, 2.75) is 19.3 Å². The Kier molecular flexibility index (Phi) is 6.94. The minimum Gasteiger partial charge on any atom is -0.378 e. The number of nitrogens with zero attached hydrogens (tertiary/aromatic N) is 3. The second-order valence-electron chi connectivity index (χ2n) is 7.63. The molecule has 0 saturated carbocycles. The number of carbonyl (C=O) groups is 2. The Morgan fingerprint density at radius 3 is 2.87 bits per heavy atom. The van der Waals surface area contributed by atoms with E-state index in [1.807, 2.05) is 42.5 Å². The molecule has 0 radical (unpaired) electrons. The van der Waals surface area contributed by atoms with Gasteiger partial charge in [0.1, 0.15) is 0 Å². The fourth-order valence-electron chi connectivity index (χ4n) is 3.91. The predicted octanol–water partition coefficient (Wildman–Crippen LogP) is 4.01. The number of azo groups is 1. The molecule has 7 nitrogen and oxygen atoms in total. The van der Waals surface area contributed by atoms with Gasteiger partial charge in [0, 0.05) is 31.8 Å². The first-order chi connectivity index (χ1) is 15.2. The number of halogens is 1. The highest BCUT2D eigenvalue weighted by atomic mass is 35.5. The van der Waals surface area contributed by atoms with E-state index >= 15 is 0 Å². The molecule has 2 amide bonds. The molecule has 8 heteroatoms. The van der Waals surface area contributed by atoms with Gasteiger partial charge in [0.05, 0.1) is 36.2 Å². The number of hydrogen-bond acceptors (Lipinski definition) is 5. The van der Waals surface area contributed by atoms with Crippen LogP contribution in [0.4, 0.5) is 11.4 Å². The lowest BCUT2D eigenvalue weighted by atomic mass is 9.89. The number of benzene rings is 1. The van der Waals surface area contributed by atoms with Gasteiger partial charge in [-0.1, -0.05) is 30.4 Å². The average molecular weight is 441 g/mol. The lowest BCUT2D eigenvalue weighted by Crippen LogP contribution is -2.36. The number of allylic oxidation sites excluding steroid dienone is 4. The quantitative estimate of drug-likeness (QED) is 0.649. The summed E-state index contributed by atoms with van der Waals surface area (Å²) < 4.78 is 5.47. The molecule has 1 N–H and O–H groups in total. The van der Waals surface area contributed by atoms with Gasteiger partial charge in [-0.05, 0) is 29.7 Å².